The minimum Gasteiger partial charge on any atom is -0.394 e. The molecule has 0 aliphatic carbocycles. The molecule has 1 aliphatic rings. The van der Waals surface area contributed by atoms with Crippen LogP contribution in [0.25, 0.3) is 0 Å². The summed E-state index contributed by atoms with van der Waals surface area (Å²) in [5.41, 5.74) is 0.543. The zero-order chi connectivity index (χ0) is 13.1. The first kappa shape index (κ1) is 13.9. The predicted molar refractivity (Wildman–Crippen MR) is 74.1 cm³/mol. The first-order valence-electron chi connectivity index (χ1n) is 5.61. The van der Waals surface area contributed by atoms with E-state index < -0.39 is 0 Å². The van der Waals surface area contributed by atoms with Gasteiger partial charge in [-0.2, -0.15) is 0 Å². The topological polar surface area (TPSA) is 49.8 Å². The average molecular weight is 332 g/mol. The van der Waals surface area contributed by atoms with E-state index in [2.05, 4.69) is 28.6 Å². The lowest BCUT2D eigenvalue weighted by Gasteiger charge is -2.34. The van der Waals surface area contributed by atoms with Crippen LogP contribution in [-0.4, -0.2) is 48.3 Å². The first-order chi connectivity index (χ1) is 8.63. The van der Waals surface area contributed by atoms with Gasteiger partial charge in [-0.1, -0.05) is 15.9 Å². The van der Waals surface area contributed by atoms with E-state index in [4.69, 9.17) is 4.74 Å². The van der Waals surface area contributed by atoms with Crippen LogP contribution in [0.5, 0.6) is 0 Å². The van der Waals surface area contributed by atoms with Crippen LogP contribution in [0.2, 0.25) is 0 Å². The summed E-state index contributed by atoms with van der Waals surface area (Å²) in [6.45, 7) is 1.28. The number of amides is 1. The van der Waals surface area contributed by atoms with E-state index in [-0.39, 0.29) is 18.6 Å². The van der Waals surface area contributed by atoms with Crippen LogP contribution in [0.3, 0.4) is 0 Å². The second kappa shape index (κ2) is 6.06. The molecular weight excluding hydrogens is 318 g/mol. The lowest BCUT2D eigenvalue weighted by atomic mass is 10.1. The number of aliphatic hydroxyl groups is 1. The molecule has 1 heterocycles. The van der Waals surface area contributed by atoms with Gasteiger partial charge in [0.25, 0.3) is 5.91 Å². The van der Waals surface area contributed by atoms with Crippen LogP contribution in [0, 0.1) is 0 Å². The number of thiol groups is 1. The maximum Gasteiger partial charge on any atom is 0.255 e. The Morgan fingerprint density at radius 3 is 3.06 bits per heavy atom. The monoisotopic (exact) mass is 331 g/mol. The Balaban J connectivity index is 2.24. The SMILES string of the molecule is O=C(c1ccc(Br)cc1S)N1CCOCC1CO. The number of hydrogen-bond donors (Lipinski definition) is 2. The minimum absolute atomic E-state index is 0.0931. The van der Waals surface area contributed by atoms with Crippen molar-refractivity contribution < 1.29 is 14.6 Å². The molecule has 1 aliphatic heterocycles. The van der Waals surface area contributed by atoms with Gasteiger partial charge in [-0.25, -0.2) is 0 Å². The highest BCUT2D eigenvalue weighted by molar-refractivity contribution is 9.10. The third-order valence-corrected chi connectivity index (χ3v) is 3.75. The van der Waals surface area contributed by atoms with Crippen molar-refractivity contribution in [1.82, 2.24) is 4.90 Å². The van der Waals surface area contributed by atoms with E-state index in [1.165, 1.54) is 0 Å². The van der Waals surface area contributed by atoms with Crippen LogP contribution in [-0.2, 0) is 4.74 Å². The summed E-state index contributed by atoms with van der Waals surface area (Å²) in [6, 6.07) is 5.05. The van der Waals surface area contributed by atoms with Crippen LogP contribution in [0.1, 0.15) is 10.4 Å². The molecule has 6 heteroatoms. The van der Waals surface area contributed by atoms with E-state index in [0.717, 1.165) is 4.47 Å². The molecule has 1 atom stereocenters. The van der Waals surface area contributed by atoms with Crippen molar-refractivity contribution >= 4 is 34.5 Å². The number of rotatable bonds is 2. The lowest BCUT2D eigenvalue weighted by molar-refractivity contribution is -0.0185. The van der Waals surface area contributed by atoms with Gasteiger partial charge in [-0.05, 0) is 18.2 Å². The number of aliphatic hydroxyl groups excluding tert-OH is 1. The Hall–Kier alpha value is -0.560. The Kier molecular flexibility index (Phi) is 4.66. The maximum atomic E-state index is 12.4. The summed E-state index contributed by atoms with van der Waals surface area (Å²) in [7, 11) is 0. The molecule has 2 rings (SSSR count). The number of halogens is 1. The average Bonchev–Trinajstić information content (AvgIpc) is 2.38. The molecule has 4 nitrogen and oxygen atoms in total. The molecule has 1 amide bonds. The Labute approximate surface area is 119 Å². The Bertz CT molecular complexity index is 455. The highest BCUT2D eigenvalue weighted by Gasteiger charge is 2.28. The van der Waals surface area contributed by atoms with Gasteiger partial charge in [0.2, 0.25) is 0 Å². The largest absolute Gasteiger partial charge is 0.394 e. The summed E-state index contributed by atoms with van der Waals surface area (Å²) >= 11 is 7.65. The number of ether oxygens (including phenoxy) is 1. The van der Waals surface area contributed by atoms with Crippen molar-refractivity contribution in [3.05, 3.63) is 28.2 Å². The Morgan fingerprint density at radius 1 is 1.61 bits per heavy atom. The van der Waals surface area contributed by atoms with Gasteiger partial charge in [0, 0.05) is 15.9 Å². The fourth-order valence-electron chi connectivity index (χ4n) is 1.91. The molecule has 0 saturated carbocycles. The maximum absolute atomic E-state index is 12.4. The molecule has 1 aromatic carbocycles. The van der Waals surface area contributed by atoms with Crippen molar-refractivity contribution in [2.24, 2.45) is 0 Å². The molecule has 0 spiro atoms. The molecule has 1 aromatic rings. The number of benzene rings is 1. The third kappa shape index (κ3) is 2.88. The van der Waals surface area contributed by atoms with Crippen LogP contribution < -0.4 is 0 Å². The second-order valence-corrected chi connectivity index (χ2v) is 5.47. The molecule has 0 aromatic heterocycles. The Morgan fingerprint density at radius 2 is 2.39 bits per heavy atom. The lowest BCUT2D eigenvalue weighted by Crippen LogP contribution is -2.50. The van der Waals surface area contributed by atoms with Crippen molar-refractivity contribution in [1.29, 1.82) is 0 Å². The summed E-state index contributed by atoms with van der Waals surface area (Å²) < 4.78 is 6.14. The molecule has 1 unspecified atom stereocenters. The smallest absolute Gasteiger partial charge is 0.255 e. The van der Waals surface area contributed by atoms with Crippen molar-refractivity contribution in [3.63, 3.8) is 0 Å². The standard InChI is InChI=1S/C12H14BrNO3S/c13-8-1-2-10(11(18)5-8)12(16)14-3-4-17-7-9(14)6-15/h1-2,5,9,15,18H,3-4,6-7H2. The van der Waals surface area contributed by atoms with Crippen molar-refractivity contribution in [2.75, 3.05) is 26.4 Å². The van der Waals surface area contributed by atoms with E-state index in [0.29, 0.717) is 30.2 Å². The fourth-order valence-corrected chi connectivity index (χ4v) is 2.76. The second-order valence-electron chi connectivity index (χ2n) is 4.07. The van der Waals surface area contributed by atoms with Crippen molar-refractivity contribution in [2.45, 2.75) is 10.9 Å². The number of carbonyl (C=O) groups excluding carboxylic acids is 1. The van der Waals surface area contributed by atoms with Crippen LogP contribution >= 0.6 is 28.6 Å². The molecule has 1 N–H and O–H groups in total. The van der Waals surface area contributed by atoms with Gasteiger partial charge in [-0.15, -0.1) is 12.6 Å². The number of carbonyl (C=O) groups is 1. The molecule has 18 heavy (non-hydrogen) atoms. The van der Waals surface area contributed by atoms with E-state index >= 15 is 0 Å². The fraction of sp³-hybridized carbons (Fsp3) is 0.417. The highest BCUT2D eigenvalue weighted by atomic mass is 79.9. The number of hydrogen-bond acceptors (Lipinski definition) is 4. The summed E-state index contributed by atoms with van der Waals surface area (Å²) in [4.78, 5) is 14.7. The van der Waals surface area contributed by atoms with Gasteiger partial charge in [-0.3, -0.25) is 4.79 Å². The van der Waals surface area contributed by atoms with Crippen molar-refractivity contribution in [3.8, 4) is 0 Å². The predicted octanol–water partition coefficient (Wildman–Crippen LogP) is 1.57. The molecule has 1 fully saturated rings. The molecule has 0 radical (unpaired) electrons. The summed E-state index contributed by atoms with van der Waals surface area (Å²) in [6.07, 6.45) is 0. The molecular formula is C12H14BrNO3S. The minimum atomic E-state index is -0.275. The van der Waals surface area contributed by atoms with Crippen LogP contribution in [0.15, 0.2) is 27.6 Å². The van der Waals surface area contributed by atoms with E-state index in [9.17, 15) is 9.90 Å². The quantitative estimate of drug-likeness (QED) is 0.809. The van der Waals surface area contributed by atoms with Gasteiger partial charge < -0.3 is 14.7 Å². The summed E-state index contributed by atoms with van der Waals surface area (Å²) in [5.74, 6) is -0.116. The van der Waals surface area contributed by atoms with E-state index in [1.54, 1.807) is 23.1 Å². The molecule has 98 valence electrons. The van der Waals surface area contributed by atoms with Gasteiger partial charge in [0.05, 0.1) is 31.4 Å². The first-order valence-corrected chi connectivity index (χ1v) is 6.85. The zero-order valence-electron chi connectivity index (χ0n) is 9.67. The van der Waals surface area contributed by atoms with Crippen LogP contribution in [0.4, 0.5) is 0 Å². The highest BCUT2D eigenvalue weighted by Crippen LogP contribution is 2.22. The normalized spacial score (nSPS) is 19.9. The zero-order valence-corrected chi connectivity index (χ0v) is 12.2. The number of nitrogens with zero attached hydrogens (tertiary/aromatic N) is 1. The van der Waals surface area contributed by atoms with E-state index in [1.807, 2.05) is 0 Å². The molecule has 1 saturated heterocycles. The van der Waals surface area contributed by atoms with Gasteiger partial charge in [0.1, 0.15) is 0 Å². The summed E-state index contributed by atoms with van der Waals surface area (Å²) in [5, 5.41) is 9.27. The number of morpholine rings is 1. The molecule has 0 bridgehead atoms. The van der Waals surface area contributed by atoms with Gasteiger partial charge >= 0.3 is 0 Å². The van der Waals surface area contributed by atoms with Gasteiger partial charge in [0.15, 0.2) is 0 Å². The third-order valence-electron chi connectivity index (χ3n) is 2.89.